The molecule has 1 aliphatic heterocycles. The molecule has 1 saturated heterocycles. The number of carbonyl (C=O) groups excluding carboxylic acids is 2. The molecule has 1 fully saturated rings. The van der Waals surface area contributed by atoms with E-state index in [-0.39, 0.29) is 34.4 Å². The number of benzene rings is 3. The molecule has 1 aliphatic rings. The molecule has 2 aromatic heterocycles. The molecule has 6 rings (SSSR count). The number of rotatable bonds is 6. The van der Waals surface area contributed by atoms with Gasteiger partial charge >= 0.3 is 6.36 Å². The summed E-state index contributed by atoms with van der Waals surface area (Å²) in [6.07, 6.45) is -2.23. The standard InChI is InChI=1S/C34H28F3N3O5S/c1-20-6-5-8-25(29(20)21-10-12-23(13-11-21)45-34(35,36)37)32(42)40-16-14-22(15-17-40)31-38-26(19-46-31)33(43)39(2)27-18-44-28-9-4-3-7-24(28)30(27)41/h3-13,18-19,22H,14-17H2,1-2H3. The largest absolute Gasteiger partial charge is 0.573 e. The Morgan fingerprint density at radius 1 is 1.02 bits per heavy atom. The first kappa shape index (κ1) is 31.0. The molecule has 0 atom stereocenters. The highest BCUT2D eigenvalue weighted by Crippen LogP contribution is 2.34. The van der Waals surface area contributed by atoms with E-state index in [4.69, 9.17) is 4.42 Å². The maximum absolute atomic E-state index is 13.7. The number of hydrogen-bond acceptors (Lipinski definition) is 7. The second kappa shape index (κ2) is 12.4. The summed E-state index contributed by atoms with van der Waals surface area (Å²) in [5, 5.41) is 2.84. The average molecular weight is 648 g/mol. The number of halogens is 3. The van der Waals surface area contributed by atoms with Crippen molar-refractivity contribution >= 4 is 39.8 Å². The van der Waals surface area contributed by atoms with E-state index >= 15 is 0 Å². The third kappa shape index (κ3) is 6.25. The molecule has 3 aromatic carbocycles. The van der Waals surface area contributed by atoms with Crippen molar-refractivity contribution in [1.29, 1.82) is 0 Å². The fourth-order valence-corrected chi connectivity index (χ4v) is 6.67. The van der Waals surface area contributed by atoms with Gasteiger partial charge in [-0.05, 0) is 66.8 Å². The second-order valence-electron chi connectivity index (χ2n) is 11.0. The molecule has 0 aliphatic carbocycles. The molecule has 0 unspecified atom stereocenters. The van der Waals surface area contributed by atoms with Gasteiger partial charge in [0.25, 0.3) is 11.8 Å². The van der Waals surface area contributed by atoms with Crippen molar-refractivity contribution in [2.75, 3.05) is 25.0 Å². The summed E-state index contributed by atoms with van der Waals surface area (Å²) in [6, 6.07) is 17.7. The molecule has 0 spiro atoms. The van der Waals surface area contributed by atoms with E-state index in [1.54, 1.807) is 46.7 Å². The number of nitrogens with zero attached hydrogens (tertiary/aromatic N) is 3. The van der Waals surface area contributed by atoms with Crippen LogP contribution in [0.25, 0.3) is 22.1 Å². The number of thiazole rings is 1. The zero-order valence-corrected chi connectivity index (χ0v) is 25.7. The first-order valence-electron chi connectivity index (χ1n) is 14.5. The van der Waals surface area contributed by atoms with Crippen LogP contribution >= 0.6 is 11.3 Å². The molecular formula is C34H28F3N3O5S. The third-order valence-electron chi connectivity index (χ3n) is 8.08. The van der Waals surface area contributed by atoms with Crippen molar-refractivity contribution in [3.8, 4) is 16.9 Å². The molecule has 5 aromatic rings. The first-order valence-corrected chi connectivity index (χ1v) is 15.4. The van der Waals surface area contributed by atoms with E-state index in [0.717, 1.165) is 10.6 Å². The Hall–Kier alpha value is -4.97. The van der Waals surface area contributed by atoms with Crippen molar-refractivity contribution in [2.45, 2.75) is 32.0 Å². The van der Waals surface area contributed by atoms with Crippen molar-refractivity contribution in [2.24, 2.45) is 0 Å². The van der Waals surface area contributed by atoms with E-state index in [2.05, 4.69) is 9.72 Å². The number of carbonyl (C=O) groups is 2. The van der Waals surface area contributed by atoms with E-state index in [1.807, 2.05) is 13.0 Å². The first-order chi connectivity index (χ1) is 22.0. The number of hydrogen-bond donors (Lipinski definition) is 0. The van der Waals surface area contributed by atoms with Crippen LogP contribution in [0.2, 0.25) is 0 Å². The Kier molecular flexibility index (Phi) is 8.39. The van der Waals surface area contributed by atoms with Crippen molar-refractivity contribution in [3.05, 3.63) is 110 Å². The van der Waals surface area contributed by atoms with Crippen LogP contribution in [-0.4, -0.2) is 48.2 Å². The van der Waals surface area contributed by atoms with Crippen molar-refractivity contribution < 1.29 is 31.9 Å². The number of para-hydroxylation sites is 1. The minimum absolute atomic E-state index is 0.0461. The molecule has 0 saturated carbocycles. The quantitative estimate of drug-likeness (QED) is 0.191. The molecule has 3 heterocycles. The van der Waals surface area contributed by atoms with Gasteiger partial charge < -0.3 is 19.0 Å². The summed E-state index contributed by atoms with van der Waals surface area (Å²) >= 11 is 1.37. The molecule has 0 radical (unpaired) electrons. The van der Waals surface area contributed by atoms with Crippen molar-refractivity contribution in [3.63, 3.8) is 0 Å². The van der Waals surface area contributed by atoms with E-state index < -0.39 is 12.3 Å². The van der Waals surface area contributed by atoms with Crippen LogP contribution in [0.15, 0.2) is 87.6 Å². The Bertz CT molecular complexity index is 1980. The highest BCUT2D eigenvalue weighted by atomic mass is 32.1. The summed E-state index contributed by atoms with van der Waals surface area (Å²) in [7, 11) is 1.51. The average Bonchev–Trinajstić information content (AvgIpc) is 3.54. The molecule has 0 bridgehead atoms. The monoisotopic (exact) mass is 647 g/mol. The second-order valence-corrected chi connectivity index (χ2v) is 11.9. The number of alkyl halides is 3. The summed E-state index contributed by atoms with van der Waals surface area (Å²) in [6.45, 7) is 2.79. The smallest absolute Gasteiger partial charge is 0.462 e. The number of ether oxygens (including phenoxy) is 1. The fourth-order valence-electron chi connectivity index (χ4n) is 5.71. The van der Waals surface area contributed by atoms with Crippen LogP contribution in [0.3, 0.4) is 0 Å². The lowest BCUT2D eigenvalue weighted by molar-refractivity contribution is -0.274. The number of amides is 2. The maximum atomic E-state index is 13.7. The number of anilines is 1. The van der Waals surface area contributed by atoms with Crippen LogP contribution in [0.1, 0.15) is 50.2 Å². The van der Waals surface area contributed by atoms with Gasteiger partial charge in [-0.1, -0.05) is 36.4 Å². The zero-order chi connectivity index (χ0) is 32.6. The Labute approximate surface area is 265 Å². The Balaban J connectivity index is 1.13. The van der Waals surface area contributed by atoms with Gasteiger partial charge in [-0.3, -0.25) is 14.4 Å². The number of aryl methyl sites for hydroxylation is 1. The normalized spacial score (nSPS) is 14.0. The van der Waals surface area contributed by atoms with Gasteiger partial charge in [-0.25, -0.2) is 4.98 Å². The summed E-state index contributed by atoms with van der Waals surface area (Å²) in [4.78, 5) is 47.6. The van der Waals surface area contributed by atoms with E-state index in [1.165, 1.54) is 53.8 Å². The SMILES string of the molecule is Cc1cccc(C(=O)N2CCC(c3nc(C(=O)N(C)c4coc5ccccc5c4=O)cs3)CC2)c1-c1ccc(OC(F)(F)F)cc1. The van der Waals surface area contributed by atoms with Gasteiger partial charge in [0.2, 0.25) is 5.43 Å². The van der Waals surface area contributed by atoms with Gasteiger partial charge in [-0.2, -0.15) is 0 Å². The van der Waals surface area contributed by atoms with Crippen LogP contribution in [0.4, 0.5) is 18.9 Å². The predicted molar refractivity (Wildman–Crippen MR) is 169 cm³/mol. The molecule has 12 heteroatoms. The minimum Gasteiger partial charge on any atom is -0.462 e. The Morgan fingerprint density at radius 2 is 1.74 bits per heavy atom. The van der Waals surface area contributed by atoms with Crippen LogP contribution < -0.4 is 15.1 Å². The molecule has 236 valence electrons. The summed E-state index contributed by atoms with van der Waals surface area (Å²) in [5.41, 5.74) is 3.01. The minimum atomic E-state index is -4.79. The highest BCUT2D eigenvalue weighted by molar-refractivity contribution is 7.10. The lowest BCUT2D eigenvalue weighted by atomic mass is 9.92. The van der Waals surface area contributed by atoms with E-state index in [0.29, 0.717) is 53.6 Å². The number of piperidine rings is 1. The van der Waals surface area contributed by atoms with Crippen LogP contribution in [0, 0.1) is 6.92 Å². The van der Waals surface area contributed by atoms with E-state index in [9.17, 15) is 27.6 Å². The van der Waals surface area contributed by atoms with Crippen LogP contribution in [0.5, 0.6) is 5.75 Å². The lowest BCUT2D eigenvalue weighted by Gasteiger charge is -2.32. The summed E-state index contributed by atoms with van der Waals surface area (Å²) < 4.78 is 47.4. The molecular weight excluding hydrogens is 619 g/mol. The van der Waals surface area contributed by atoms with Crippen molar-refractivity contribution in [1.82, 2.24) is 9.88 Å². The van der Waals surface area contributed by atoms with Gasteiger partial charge in [0.15, 0.2) is 0 Å². The van der Waals surface area contributed by atoms with Gasteiger partial charge in [0, 0.05) is 37.0 Å². The van der Waals surface area contributed by atoms with Gasteiger partial charge in [0.1, 0.15) is 29.0 Å². The van der Waals surface area contributed by atoms with Gasteiger partial charge in [-0.15, -0.1) is 24.5 Å². The summed E-state index contributed by atoms with van der Waals surface area (Å²) in [5.74, 6) is -0.885. The molecule has 2 amide bonds. The highest BCUT2D eigenvalue weighted by Gasteiger charge is 2.32. The number of fused-ring (bicyclic) bond motifs is 1. The number of likely N-dealkylation sites (tertiary alicyclic amines) is 1. The molecule has 0 N–H and O–H groups in total. The molecule has 8 nitrogen and oxygen atoms in total. The number of aromatic nitrogens is 1. The lowest BCUT2D eigenvalue weighted by Crippen LogP contribution is -2.38. The predicted octanol–water partition coefficient (Wildman–Crippen LogP) is 7.42. The zero-order valence-electron chi connectivity index (χ0n) is 24.8. The third-order valence-corrected chi connectivity index (χ3v) is 9.09. The maximum Gasteiger partial charge on any atom is 0.573 e. The fraction of sp³-hybridized carbons (Fsp3) is 0.235. The van der Waals surface area contributed by atoms with Crippen LogP contribution in [-0.2, 0) is 0 Å². The van der Waals surface area contributed by atoms with Gasteiger partial charge in [0.05, 0.1) is 10.4 Å². The topological polar surface area (TPSA) is 93.0 Å². The Morgan fingerprint density at radius 3 is 2.46 bits per heavy atom. The molecule has 46 heavy (non-hydrogen) atoms.